The Labute approximate surface area is 171 Å². The summed E-state index contributed by atoms with van der Waals surface area (Å²) in [6.45, 7) is 1.73. The number of anilines is 1. The Balaban J connectivity index is 1.61. The Morgan fingerprint density at radius 3 is 2.52 bits per heavy atom. The minimum absolute atomic E-state index is 0.138. The number of carbonyl (C=O) groups is 2. The zero-order valence-electron chi connectivity index (χ0n) is 15.3. The molecule has 1 aromatic heterocycles. The highest BCUT2D eigenvalue weighted by molar-refractivity contribution is 6.33. The molecule has 7 heteroatoms. The average molecular weight is 407 g/mol. The van der Waals surface area contributed by atoms with Crippen LogP contribution in [0.1, 0.15) is 23.0 Å². The number of aromatic carboxylic acids is 1. The lowest BCUT2D eigenvalue weighted by atomic mass is 10.1. The molecule has 0 atom stereocenters. The van der Waals surface area contributed by atoms with Crippen molar-refractivity contribution in [2.24, 2.45) is 5.10 Å². The van der Waals surface area contributed by atoms with E-state index < -0.39 is 5.97 Å². The fourth-order valence-electron chi connectivity index (χ4n) is 2.98. The maximum absolute atomic E-state index is 12.8. The van der Waals surface area contributed by atoms with Crippen molar-refractivity contribution in [2.75, 3.05) is 5.01 Å². The van der Waals surface area contributed by atoms with E-state index in [0.29, 0.717) is 33.5 Å². The highest BCUT2D eigenvalue weighted by Crippen LogP contribution is 2.31. The van der Waals surface area contributed by atoms with Gasteiger partial charge in [0.25, 0.3) is 5.91 Å². The lowest BCUT2D eigenvalue weighted by Gasteiger charge is -2.11. The predicted octanol–water partition coefficient (Wildman–Crippen LogP) is 5.10. The summed E-state index contributed by atoms with van der Waals surface area (Å²) in [6.07, 6.45) is 1.63. The quantitative estimate of drug-likeness (QED) is 0.610. The van der Waals surface area contributed by atoms with Gasteiger partial charge in [-0.1, -0.05) is 23.7 Å². The van der Waals surface area contributed by atoms with Gasteiger partial charge < -0.3 is 9.52 Å². The smallest absolute Gasteiger partial charge is 0.335 e. The Hall–Kier alpha value is -3.64. The molecule has 1 aliphatic rings. The SMILES string of the molecule is CC1=NN(c2ccc(C(=O)O)cc2)C(=O)/C1=C\c1ccc(-c2ccccc2Cl)o1. The molecule has 2 heterocycles. The number of hydrazone groups is 1. The van der Waals surface area contributed by atoms with E-state index in [4.69, 9.17) is 21.1 Å². The van der Waals surface area contributed by atoms with Crippen LogP contribution in [0.25, 0.3) is 17.4 Å². The molecule has 29 heavy (non-hydrogen) atoms. The van der Waals surface area contributed by atoms with Gasteiger partial charge in [-0.2, -0.15) is 10.1 Å². The average Bonchev–Trinajstić information content (AvgIpc) is 3.28. The number of hydrogen-bond donors (Lipinski definition) is 1. The van der Waals surface area contributed by atoms with Crippen LogP contribution in [0.2, 0.25) is 5.02 Å². The number of furan rings is 1. The fraction of sp³-hybridized carbons (Fsp3) is 0.0455. The van der Waals surface area contributed by atoms with Crippen molar-refractivity contribution in [3.8, 4) is 11.3 Å². The summed E-state index contributed by atoms with van der Waals surface area (Å²) in [5.74, 6) is -0.248. The van der Waals surface area contributed by atoms with Crippen LogP contribution >= 0.6 is 11.6 Å². The van der Waals surface area contributed by atoms with Crippen LogP contribution in [-0.2, 0) is 4.79 Å². The van der Waals surface area contributed by atoms with Gasteiger partial charge >= 0.3 is 5.97 Å². The predicted molar refractivity (Wildman–Crippen MR) is 111 cm³/mol. The molecule has 4 rings (SSSR count). The summed E-state index contributed by atoms with van der Waals surface area (Å²) in [5.41, 5.74) is 2.32. The number of carboxylic acid groups (broad SMARTS) is 1. The zero-order chi connectivity index (χ0) is 20.5. The number of carbonyl (C=O) groups excluding carboxylic acids is 1. The third-order valence-electron chi connectivity index (χ3n) is 4.47. The normalized spacial score (nSPS) is 15.1. The van der Waals surface area contributed by atoms with Crippen LogP contribution in [0.15, 0.2) is 75.8 Å². The summed E-state index contributed by atoms with van der Waals surface area (Å²) in [5, 5.41) is 15.1. The van der Waals surface area contributed by atoms with E-state index >= 15 is 0 Å². The molecule has 0 saturated carbocycles. The van der Waals surface area contributed by atoms with Gasteiger partial charge in [-0.15, -0.1) is 0 Å². The molecule has 1 aliphatic heterocycles. The Morgan fingerprint density at radius 1 is 1.10 bits per heavy atom. The van der Waals surface area contributed by atoms with E-state index in [1.54, 1.807) is 43.3 Å². The lowest BCUT2D eigenvalue weighted by Crippen LogP contribution is -2.21. The summed E-state index contributed by atoms with van der Waals surface area (Å²) in [4.78, 5) is 23.8. The highest BCUT2D eigenvalue weighted by Gasteiger charge is 2.29. The van der Waals surface area contributed by atoms with Crippen molar-refractivity contribution in [3.63, 3.8) is 0 Å². The molecule has 0 saturated heterocycles. The third kappa shape index (κ3) is 3.58. The number of benzene rings is 2. The maximum atomic E-state index is 12.8. The van der Waals surface area contributed by atoms with Crippen LogP contribution in [0.3, 0.4) is 0 Å². The Kier molecular flexibility index (Phi) is 4.78. The Bertz CT molecular complexity index is 1180. The second kappa shape index (κ2) is 7.41. The molecule has 144 valence electrons. The van der Waals surface area contributed by atoms with Crippen LogP contribution in [0, 0.1) is 0 Å². The first-order valence-electron chi connectivity index (χ1n) is 8.74. The van der Waals surface area contributed by atoms with E-state index in [1.807, 2.05) is 18.2 Å². The van der Waals surface area contributed by atoms with Gasteiger partial charge in [-0.25, -0.2) is 4.79 Å². The summed E-state index contributed by atoms with van der Waals surface area (Å²) in [6, 6.07) is 16.8. The van der Waals surface area contributed by atoms with Crippen LogP contribution in [0.4, 0.5) is 5.69 Å². The highest BCUT2D eigenvalue weighted by atomic mass is 35.5. The molecular weight excluding hydrogens is 392 g/mol. The molecule has 0 bridgehead atoms. The second-order valence-corrected chi connectivity index (χ2v) is 6.80. The van der Waals surface area contributed by atoms with Crippen molar-refractivity contribution in [3.05, 3.63) is 82.6 Å². The second-order valence-electron chi connectivity index (χ2n) is 6.39. The lowest BCUT2D eigenvalue weighted by molar-refractivity contribution is -0.114. The first kappa shape index (κ1) is 18.7. The maximum Gasteiger partial charge on any atom is 0.335 e. The summed E-state index contributed by atoms with van der Waals surface area (Å²) < 4.78 is 5.84. The number of halogens is 1. The summed E-state index contributed by atoms with van der Waals surface area (Å²) >= 11 is 6.21. The van der Waals surface area contributed by atoms with E-state index in [2.05, 4.69) is 5.10 Å². The fourth-order valence-corrected chi connectivity index (χ4v) is 3.21. The molecular formula is C22H15ClN2O4. The minimum atomic E-state index is -1.03. The molecule has 0 unspecified atom stereocenters. The van der Waals surface area contributed by atoms with Crippen molar-refractivity contribution in [2.45, 2.75) is 6.92 Å². The minimum Gasteiger partial charge on any atom is -0.478 e. The van der Waals surface area contributed by atoms with Crippen LogP contribution < -0.4 is 5.01 Å². The van der Waals surface area contributed by atoms with Gasteiger partial charge in [0.15, 0.2) is 0 Å². The van der Waals surface area contributed by atoms with E-state index in [1.165, 1.54) is 17.1 Å². The van der Waals surface area contributed by atoms with E-state index in [9.17, 15) is 9.59 Å². The number of nitrogens with zero attached hydrogens (tertiary/aromatic N) is 2. The number of carboxylic acids is 1. The molecule has 3 aromatic rings. The van der Waals surface area contributed by atoms with Crippen LogP contribution in [0.5, 0.6) is 0 Å². The van der Waals surface area contributed by atoms with Crippen molar-refractivity contribution >= 4 is 41.0 Å². The molecule has 1 N–H and O–H groups in total. The van der Waals surface area contributed by atoms with Gasteiger partial charge in [0, 0.05) is 5.56 Å². The van der Waals surface area contributed by atoms with Gasteiger partial charge in [-0.05, 0) is 61.5 Å². The molecule has 0 spiro atoms. The van der Waals surface area contributed by atoms with Crippen molar-refractivity contribution < 1.29 is 19.1 Å². The number of rotatable bonds is 4. The first-order chi connectivity index (χ1) is 13.9. The molecule has 0 aliphatic carbocycles. The van der Waals surface area contributed by atoms with Crippen molar-refractivity contribution in [1.29, 1.82) is 0 Å². The van der Waals surface area contributed by atoms with Gasteiger partial charge in [0.2, 0.25) is 0 Å². The molecule has 0 fully saturated rings. The standard InChI is InChI=1S/C22H15ClN2O4/c1-13-18(12-16-10-11-20(29-16)17-4-2-3-5-19(17)23)21(26)25(24-13)15-8-6-14(7-9-15)22(27)28/h2-12H,1H3,(H,27,28)/b18-12-. The third-order valence-corrected chi connectivity index (χ3v) is 4.80. The van der Waals surface area contributed by atoms with E-state index in [0.717, 1.165) is 5.56 Å². The van der Waals surface area contributed by atoms with Gasteiger partial charge in [-0.3, -0.25) is 4.79 Å². The first-order valence-corrected chi connectivity index (χ1v) is 9.11. The van der Waals surface area contributed by atoms with E-state index in [-0.39, 0.29) is 11.5 Å². The van der Waals surface area contributed by atoms with Crippen molar-refractivity contribution in [1.82, 2.24) is 0 Å². The van der Waals surface area contributed by atoms with Gasteiger partial charge in [0.05, 0.1) is 27.6 Å². The monoisotopic (exact) mass is 406 g/mol. The summed E-state index contributed by atoms with van der Waals surface area (Å²) in [7, 11) is 0. The molecule has 0 radical (unpaired) electrons. The Morgan fingerprint density at radius 2 is 1.83 bits per heavy atom. The molecule has 1 amide bonds. The number of amides is 1. The topological polar surface area (TPSA) is 83.1 Å². The van der Waals surface area contributed by atoms with Crippen LogP contribution in [-0.4, -0.2) is 22.7 Å². The largest absolute Gasteiger partial charge is 0.478 e. The van der Waals surface area contributed by atoms with Gasteiger partial charge in [0.1, 0.15) is 11.5 Å². The zero-order valence-corrected chi connectivity index (χ0v) is 16.1. The number of hydrogen-bond acceptors (Lipinski definition) is 4. The molecule has 6 nitrogen and oxygen atoms in total. The molecule has 2 aromatic carbocycles.